The Morgan fingerprint density at radius 2 is 1.95 bits per heavy atom. The number of rotatable bonds is 6. The Kier molecular flexibility index (Phi) is 5.26. The summed E-state index contributed by atoms with van der Waals surface area (Å²) < 4.78 is 0. The third-order valence-electron chi connectivity index (χ3n) is 4.75. The molecule has 0 aliphatic heterocycles. The summed E-state index contributed by atoms with van der Waals surface area (Å²) in [5.41, 5.74) is 3.43. The maximum absolute atomic E-state index is 3.81. The molecule has 1 heteroatoms. The Morgan fingerprint density at radius 3 is 2.50 bits per heavy atom. The van der Waals surface area contributed by atoms with Crippen LogP contribution in [-0.4, -0.2) is 6.04 Å². The molecule has 0 aromatic heterocycles. The first-order chi connectivity index (χ1) is 9.50. The molecular weight excluding hydrogens is 242 g/mol. The zero-order valence-corrected chi connectivity index (χ0v) is 13.7. The highest BCUT2D eigenvalue weighted by atomic mass is 15.0. The minimum absolute atomic E-state index is 0.467. The summed E-state index contributed by atoms with van der Waals surface area (Å²) in [7, 11) is 0. The number of nitrogens with one attached hydrogen (secondary N) is 1. The summed E-state index contributed by atoms with van der Waals surface area (Å²) in [5, 5.41) is 3.81. The minimum Gasteiger partial charge on any atom is -0.307 e. The molecule has 1 saturated carbocycles. The van der Waals surface area contributed by atoms with Crippen molar-refractivity contribution in [3.63, 3.8) is 0 Å². The molecule has 2 atom stereocenters. The molecule has 1 aliphatic rings. The molecule has 1 aromatic carbocycles. The summed E-state index contributed by atoms with van der Waals surface area (Å²) >= 11 is 0. The molecule has 1 fully saturated rings. The van der Waals surface area contributed by atoms with Gasteiger partial charge in [-0.2, -0.15) is 0 Å². The van der Waals surface area contributed by atoms with Crippen LogP contribution in [0, 0.1) is 5.41 Å². The van der Waals surface area contributed by atoms with Crippen molar-refractivity contribution in [1.82, 2.24) is 5.32 Å². The highest BCUT2D eigenvalue weighted by molar-refractivity contribution is 5.25. The number of hydrogen-bond donors (Lipinski definition) is 1. The average Bonchev–Trinajstić information content (AvgIpc) is 2.76. The van der Waals surface area contributed by atoms with E-state index in [1.165, 1.54) is 49.7 Å². The van der Waals surface area contributed by atoms with Crippen LogP contribution in [0.25, 0.3) is 0 Å². The van der Waals surface area contributed by atoms with E-state index in [0.717, 1.165) is 0 Å². The smallest absolute Gasteiger partial charge is 0.0294 e. The lowest BCUT2D eigenvalue weighted by Gasteiger charge is -2.22. The molecule has 2 unspecified atom stereocenters. The maximum atomic E-state index is 3.81. The van der Waals surface area contributed by atoms with Gasteiger partial charge in [0.25, 0.3) is 0 Å². The SMILES string of the molecule is CCCCc1ccc(C(C)NC2CCC(C)(C)C2)cc1. The van der Waals surface area contributed by atoms with Gasteiger partial charge in [0, 0.05) is 12.1 Å². The number of benzene rings is 1. The predicted molar refractivity (Wildman–Crippen MR) is 88.0 cm³/mol. The van der Waals surface area contributed by atoms with Gasteiger partial charge in [-0.25, -0.2) is 0 Å². The number of unbranched alkanes of at least 4 members (excludes halogenated alkanes) is 1. The molecule has 1 aliphatic carbocycles. The van der Waals surface area contributed by atoms with Crippen LogP contribution in [0.3, 0.4) is 0 Å². The van der Waals surface area contributed by atoms with Crippen molar-refractivity contribution in [2.75, 3.05) is 0 Å². The maximum Gasteiger partial charge on any atom is 0.0294 e. The van der Waals surface area contributed by atoms with Crippen LogP contribution in [0.4, 0.5) is 0 Å². The Bertz CT molecular complexity index is 404. The number of hydrogen-bond acceptors (Lipinski definition) is 1. The van der Waals surface area contributed by atoms with Crippen LogP contribution in [0.2, 0.25) is 0 Å². The summed E-state index contributed by atoms with van der Waals surface area (Å²) in [6.07, 6.45) is 7.78. The Hall–Kier alpha value is -0.820. The van der Waals surface area contributed by atoms with E-state index in [4.69, 9.17) is 0 Å². The third kappa shape index (κ3) is 4.34. The van der Waals surface area contributed by atoms with Crippen molar-refractivity contribution < 1.29 is 0 Å². The van der Waals surface area contributed by atoms with E-state index >= 15 is 0 Å². The van der Waals surface area contributed by atoms with Gasteiger partial charge < -0.3 is 5.32 Å². The molecule has 112 valence electrons. The monoisotopic (exact) mass is 273 g/mol. The molecule has 1 nitrogen and oxygen atoms in total. The van der Waals surface area contributed by atoms with Crippen LogP contribution in [0.1, 0.15) is 77.0 Å². The molecule has 0 radical (unpaired) electrons. The average molecular weight is 273 g/mol. The van der Waals surface area contributed by atoms with Gasteiger partial charge in [-0.15, -0.1) is 0 Å². The second-order valence-electron chi connectivity index (χ2n) is 7.34. The standard InChI is InChI=1S/C19H31N/c1-5-6-7-16-8-10-17(11-9-16)15(2)20-18-12-13-19(3,4)14-18/h8-11,15,18,20H,5-7,12-14H2,1-4H3. The van der Waals surface area contributed by atoms with Crippen LogP contribution in [-0.2, 0) is 6.42 Å². The zero-order valence-electron chi connectivity index (χ0n) is 13.7. The lowest BCUT2D eigenvalue weighted by atomic mass is 9.91. The van der Waals surface area contributed by atoms with E-state index in [9.17, 15) is 0 Å². The van der Waals surface area contributed by atoms with Gasteiger partial charge in [0.2, 0.25) is 0 Å². The first-order valence-electron chi connectivity index (χ1n) is 8.35. The molecule has 0 spiro atoms. The molecule has 0 heterocycles. The van der Waals surface area contributed by atoms with Crippen molar-refractivity contribution in [3.05, 3.63) is 35.4 Å². The number of aryl methyl sites for hydroxylation is 1. The largest absolute Gasteiger partial charge is 0.307 e. The van der Waals surface area contributed by atoms with Crippen molar-refractivity contribution in [2.24, 2.45) is 5.41 Å². The second kappa shape index (κ2) is 6.76. The van der Waals surface area contributed by atoms with Gasteiger partial charge in [-0.05, 0) is 55.6 Å². The first kappa shape index (κ1) is 15.6. The van der Waals surface area contributed by atoms with Gasteiger partial charge in [-0.3, -0.25) is 0 Å². The topological polar surface area (TPSA) is 12.0 Å². The van der Waals surface area contributed by atoms with Crippen LogP contribution in [0.5, 0.6) is 0 Å². The van der Waals surface area contributed by atoms with Crippen LogP contribution < -0.4 is 5.32 Å². The Labute approximate surface area is 125 Å². The highest BCUT2D eigenvalue weighted by Gasteiger charge is 2.31. The summed E-state index contributed by atoms with van der Waals surface area (Å²) in [6.45, 7) is 9.33. The summed E-state index contributed by atoms with van der Waals surface area (Å²) in [5.74, 6) is 0. The molecule has 20 heavy (non-hydrogen) atoms. The lowest BCUT2D eigenvalue weighted by molar-refractivity contribution is 0.356. The van der Waals surface area contributed by atoms with E-state index in [-0.39, 0.29) is 0 Å². The van der Waals surface area contributed by atoms with Crippen LogP contribution in [0.15, 0.2) is 24.3 Å². The quantitative estimate of drug-likeness (QED) is 0.745. The lowest BCUT2D eigenvalue weighted by Crippen LogP contribution is -2.30. The van der Waals surface area contributed by atoms with Crippen molar-refractivity contribution in [2.45, 2.75) is 78.3 Å². The Balaban J connectivity index is 1.87. The van der Waals surface area contributed by atoms with E-state index in [1.54, 1.807) is 0 Å². The van der Waals surface area contributed by atoms with E-state index in [0.29, 0.717) is 17.5 Å². The molecule has 2 rings (SSSR count). The minimum atomic E-state index is 0.467. The zero-order chi connectivity index (χ0) is 14.6. The molecule has 0 amide bonds. The van der Waals surface area contributed by atoms with Crippen molar-refractivity contribution in [3.8, 4) is 0 Å². The van der Waals surface area contributed by atoms with E-state index < -0.39 is 0 Å². The summed E-state index contributed by atoms with van der Waals surface area (Å²) in [6, 6.07) is 10.4. The third-order valence-corrected chi connectivity index (χ3v) is 4.75. The molecule has 0 saturated heterocycles. The fourth-order valence-electron chi connectivity index (χ4n) is 3.38. The van der Waals surface area contributed by atoms with Gasteiger partial charge in [0.05, 0.1) is 0 Å². The van der Waals surface area contributed by atoms with Gasteiger partial charge in [0.15, 0.2) is 0 Å². The summed E-state index contributed by atoms with van der Waals surface area (Å²) in [4.78, 5) is 0. The molecular formula is C19H31N. The van der Waals surface area contributed by atoms with E-state index in [1.807, 2.05) is 0 Å². The van der Waals surface area contributed by atoms with E-state index in [2.05, 4.69) is 57.3 Å². The normalized spacial score (nSPS) is 22.9. The molecule has 1 aromatic rings. The highest BCUT2D eigenvalue weighted by Crippen LogP contribution is 2.37. The molecule has 0 bridgehead atoms. The van der Waals surface area contributed by atoms with Gasteiger partial charge >= 0.3 is 0 Å². The predicted octanol–water partition coefficient (Wildman–Crippen LogP) is 5.26. The van der Waals surface area contributed by atoms with Crippen molar-refractivity contribution >= 4 is 0 Å². The Morgan fingerprint density at radius 1 is 1.25 bits per heavy atom. The fourth-order valence-corrected chi connectivity index (χ4v) is 3.38. The van der Waals surface area contributed by atoms with Crippen molar-refractivity contribution in [1.29, 1.82) is 0 Å². The second-order valence-corrected chi connectivity index (χ2v) is 7.34. The van der Waals surface area contributed by atoms with Gasteiger partial charge in [-0.1, -0.05) is 51.5 Å². The van der Waals surface area contributed by atoms with Crippen LogP contribution >= 0.6 is 0 Å². The van der Waals surface area contributed by atoms with Gasteiger partial charge in [0.1, 0.15) is 0 Å². The fraction of sp³-hybridized carbons (Fsp3) is 0.684. The molecule has 1 N–H and O–H groups in total. The first-order valence-corrected chi connectivity index (χ1v) is 8.35.